The van der Waals surface area contributed by atoms with Crippen LogP contribution in [-0.4, -0.2) is 48.8 Å². The van der Waals surface area contributed by atoms with Crippen LogP contribution in [0.25, 0.3) is 0 Å². The third-order valence-corrected chi connectivity index (χ3v) is 5.89. The van der Waals surface area contributed by atoms with Crippen LogP contribution in [0.5, 0.6) is 0 Å². The average molecular weight is 403 g/mol. The number of nitrogens with one attached hydrogen (secondary N) is 1. The van der Waals surface area contributed by atoms with Gasteiger partial charge < -0.3 is 10.2 Å². The predicted octanol–water partition coefficient (Wildman–Crippen LogP) is 2.51. The van der Waals surface area contributed by atoms with Crippen LogP contribution in [-0.2, 0) is 16.0 Å². The lowest BCUT2D eigenvalue weighted by Gasteiger charge is -2.44. The zero-order valence-electron chi connectivity index (χ0n) is 17.0. The molecule has 0 aromatic heterocycles. The fraction of sp³-hybridized carbons (Fsp3) is 0.292. The van der Waals surface area contributed by atoms with Gasteiger partial charge in [-0.25, -0.2) is 0 Å². The molecule has 2 aromatic carbocycles. The summed E-state index contributed by atoms with van der Waals surface area (Å²) in [5.41, 5.74) is 3.05. The number of likely N-dealkylation sites (N-methyl/N-ethyl adjacent to an activating group) is 1. The van der Waals surface area contributed by atoms with Crippen LogP contribution < -0.4 is 10.2 Å². The van der Waals surface area contributed by atoms with E-state index in [0.717, 1.165) is 11.1 Å². The first-order valence-corrected chi connectivity index (χ1v) is 10.2. The molecule has 0 spiro atoms. The van der Waals surface area contributed by atoms with E-state index in [9.17, 15) is 14.4 Å². The van der Waals surface area contributed by atoms with E-state index in [1.807, 2.05) is 42.5 Å². The van der Waals surface area contributed by atoms with Crippen LogP contribution in [0.1, 0.15) is 33.8 Å². The molecule has 0 fully saturated rings. The summed E-state index contributed by atoms with van der Waals surface area (Å²) in [5.74, 6) is -0.406. The second-order valence-electron chi connectivity index (χ2n) is 7.73. The molecule has 1 N–H and O–H groups in total. The van der Waals surface area contributed by atoms with Crippen LogP contribution in [0.15, 0.2) is 61.2 Å². The standard InChI is InChI=1S/C24H25N3O3/c1-3-12-26-15-17-14-20(23(29)25-2)27(21(28)13-16-8-5-4-6-9-16)19-11-7-10-18(22(17)19)24(26)30/h3-11,17,20H,1,12-15H2,2H3,(H,25,29)/t17-,20-/m0/s1. The molecule has 2 aliphatic heterocycles. The molecule has 2 aromatic rings. The number of hydrogen-bond acceptors (Lipinski definition) is 3. The minimum Gasteiger partial charge on any atom is -0.357 e. The Morgan fingerprint density at radius 3 is 2.63 bits per heavy atom. The second-order valence-corrected chi connectivity index (χ2v) is 7.73. The van der Waals surface area contributed by atoms with Gasteiger partial charge in [0, 0.05) is 37.3 Å². The van der Waals surface area contributed by atoms with Crippen LogP contribution >= 0.6 is 0 Å². The van der Waals surface area contributed by atoms with E-state index >= 15 is 0 Å². The minimum absolute atomic E-state index is 0.00285. The summed E-state index contributed by atoms with van der Waals surface area (Å²) >= 11 is 0. The first-order valence-electron chi connectivity index (χ1n) is 10.2. The monoisotopic (exact) mass is 403 g/mol. The molecule has 2 aliphatic rings. The van der Waals surface area contributed by atoms with Gasteiger partial charge in [-0.3, -0.25) is 19.3 Å². The van der Waals surface area contributed by atoms with Gasteiger partial charge in [-0.2, -0.15) is 0 Å². The molecule has 0 aliphatic carbocycles. The van der Waals surface area contributed by atoms with Crippen molar-refractivity contribution < 1.29 is 14.4 Å². The Bertz CT molecular complexity index is 1000. The lowest BCUT2D eigenvalue weighted by atomic mass is 9.79. The number of carbonyl (C=O) groups is 3. The van der Waals surface area contributed by atoms with Gasteiger partial charge in [0.15, 0.2) is 0 Å². The summed E-state index contributed by atoms with van der Waals surface area (Å²) < 4.78 is 0. The summed E-state index contributed by atoms with van der Waals surface area (Å²) in [6.07, 6.45) is 2.38. The lowest BCUT2D eigenvalue weighted by molar-refractivity contribution is -0.126. The summed E-state index contributed by atoms with van der Waals surface area (Å²) in [5, 5.41) is 2.71. The van der Waals surface area contributed by atoms with E-state index in [-0.39, 0.29) is 30.1 Å². The smallest absolute Gasteiger partial charge is 0.254 e. The zero-order valence-corrected chi connectivity index (χ0v) is 17.0. The van der Waals surface area contributed by atoms with Gasteiger partial charge in [0.25, 0.3) is 5.91 Å². The number of benzene rings is 2. The molecular formula is C24H25N3O3. The Morgan fingerprint density at radius 2 is 1.93 bits per heavy atom. The fourth-order valence-electron chi connectivity index (χ4n) is 4.59. The predicted molar refractivity (Wildman–Crippen MR) is 115 cm³/mol. The molecule has 6 heteroatoms. The van der Waals surface area contributed by atoms with Gasteiger partial charge in [-0.05, 0) is 29.7 Å². The third-order valence-electron chi connectivity index (χ3n) is 5.89. The highest BCUT2D eigenvalue weighted by atomic mass is 16.2. The van der Waals surface area contributed by atoms with E-state index in [4.69, 9.17) is 0 Å². The average Bonchev–Trinajstić information content (AvgIpc) is 2.76. The number of carbonyl (C=O) groups excluding carboxylic acids is 3. The van der Waals surface area contributed by atoms with Crippen LogP contribution in [0.4, 0.5) is 5.69 Å². The largest absolute Gasteiger partial charge is 0.357 e. The lowest BCUT2D eigenvalue weighted by Crippen LogP contribution is -2.55. The molecule has 0 radical (unpaired) electrons. The van der Waals surface area contributed by atoms with Crippen molar-refractivity contribution in [3.8, 4) is 0 Å². The van der Waals surface area contributed by atoms with E-state index in [1.165, 1.54) is 0 Å². The Hall–Kier alpha value is -3.41. The molecule has 0 bridgehead atoms. The van der Waals surface area contributed by atoms with Crippen molar-refractivity contribution in [3.05, 3.63) is 77.9 Å². The molecule has 0 saturated heterocycles. The van der Waals surface area contributed by atoms with Crippen molar-refractivity contribution in [2.45, 2.75) is 24.8 Å². The number of rotatable bonds is 5. The number of anilines is 1. The SMILES string of the molecule is C=CCN1C[C@@H]2C[C@@H](C(=O)NC)N(C(=O)Cc3ccccc3)c3cccc(c32)C1=O. The van der Waals surface area contributed by atoms with Gasteiger partial charge in [-0.15, -0.1) is 6.58 Å². The van der Waals surface area contributed by atoms with Crippen LogP contribution in [0.2, 0.25) is 0 Å². The van der Waals surface area contributed by atoms with Gasteiger partial charge in [0.2, 0.25) is 11.8 Å². The molecule has 0 unspecified atom stereocenters. The maximum Gasteiger partial charge on any atom is 0.254 e. The maximum absolute atomic E-state index is 13.4. The normalized spacial score (nSPS) is 19.8. The number of nitrogens with zero attached hydrogens (tertiary/aromatic N) is 2. The summed E-state index contributed by atoms with van der Waals surface area (Å²) in [6.45, 7) is 4.72. The van der Waals surface area contributed by atoms with Gasteiger partial charge in [-0.1, -0.05) is 42.5 Å². The number of amides is 3. The molecule has 6 nitrogen and oxygen atoms in total. The van der Waals surface area contributed by atoms with Crippen molar-refractivity contribution in [2.75, 3.05) is 25.0 Å². The topological polar surface area (TPSA) is 69.7 Å². The molecule has 154 valence electrons. The molecule has 4 rings (SSSR count). The third kappa shape index (κ3) is 3.38. The Kier molecular flexibility index (Phi) is 5.40. The fourth-order valence-corrected chi connectivity index (χ4v) is 4.59. The van der Waals surface area contributed by atoms with E-state index < -0.39 is 6.04 Å². The highest BCUT2D eigenvalue weighted by molar-refractivity contribution is 6.06. The first-order chi connectivity index (χ1) is 14.5. The molecule has 3 amide bonds. The van der Waals surface area contributed by atoms with Crippen molar-refractivity contribution >= 4 is 23.4 Å². The van der Waals surface area contributed by atoms with E-state index in [2.05, 4.69) is 11.9 Å². The van der Waals surface area contributed by atoms with Crippen LogP contribution in [0, 0.1) is 0 Å². The summed E-state index contributed by atoms with van der Waals surface area (Å²) in [6, 6.07) is 14.3. The summed E-state index contributed by atoms with van der Waals surface area (Å²) in [4.78, 5) is 42.5. The molecule has 0 saturated carbocycles. The van der Waals surface area contributed by atoms with Crippen molar-refractivity contribution in [1.29, 1.82) is 0 Å². The van der Waals surface area contributed by atoms with Gasteiger partial charge >= 0.3 is 0 Å². The van der Waals surface area contributed by atoms with Crippen molar-refractivity contribution in [3.63, 3.8) is 0 Å². The van der Waals surface area contributed by atoms with E-state index in [0.29, 0.717) is 30.8 Å². The second kappa shape index (κ2) is 8.14. The van der Waals surface area contributed by atoms with Crippen molar-refractivity contribution in [1.82, 2.24) is 10.2 Å². The Morgan fingerprint density at radius 1 is 1.17 bits per heavy atom. The molecule has 2 atom stereocenters. The first kappa shape index (κ1) is 19.9. The maximum atomic E-state index is 13.4. The highest BCUT2D eigenvalue weighted by Gasteiger charge is 2.44. The molecular weight excluding hydrogens is 378 g/mol. The molecule has 2 heterocycles. The van der Waals surface area contributed by atoms with Gasteiger partial charge in [0.1, 0.15) is 6.04 Å². The van der Waals surface area contributed by atoms with Gasteiger partial charge in [0.05, 0.1) is 6.42 Å². The number of hydrogen-bond donors (Lipinski definition) is 1. The Labute approximate surface area is 176 Å². The van der Waals surface area contributed by atoms with E-state index in [1.54, 1.807) is 29.0 Å². The highest BCUT2D eigenvalue weighted by Crippen LogP contribution is 2.44. The summed E-state index contributed by atoms with van der Waals surface area (Å²) in [7, 11) is 1.59. The minimum atomic E-state index is -0.613. The molecule has 30 heavy (non-hydrogen) atoms. The quantitative estimate of drug-likeness (QED) is 0.780. The Balaban J connectivity index is 1.78. The zero-order chi connectivity index (χ0) is 21.3. The van der Waals surface area contributed by atoms with Crippen molar-refractivity contribution in [2.24, 2.45) is 0 Å². The van der Waals surface area contributed by atoms with Crippen LogP contribution in [0.3, 0.4) is 0 Å².